The highest BCUT2D eigenvalue weighted by Gasteiger charge is 2.14. The molecule has 4 rings (SSSR count). The number of anilines is 1. The maximum atomic E-state index is 6.19. The summed E-state index contributed by atoms with van der Waals surface area (Å²) in [5.74, 6) is 2.48. The summed E-state index contributed by atoms with van der Waals surface area (Å²) in [6.07, 6.45) is 1.78. The summed E-state index contributed by atoms with van der Waals surface area (Å²) in [7, 11) is 4.12. The Kier molecular flexibility index (Phi) is 5.79. The Morgan fingerprint density at radius 2 is 1.65 bits per heavy atom. The van der Waals surface area contributed by atoms with Gasteiger partial charge in [0, 0.05) is 35.4 Å². The van der Waals surface area contributed by atoms with E-state index in [1.54, 1.807) is 6.20 Å². The van der Waals surface area contributed by atoms with Crippen LogP contribution in [0.25, 0.3) is 21.8 Å². The predicted octanol–water partition coefficient (Wildman–Crippen LogP) is 5.85. The van der Waals surface area contributed by atoms with E-state index < -0.39 is 0 Å². The number of nitrogens with zero attached hydrogens (tertiary/aromatic N) is 3. The summed E-state index contributed by atoms with van der Waals surface area (Å²) in [5.41, 5.74) is 2.14. The van der Waals surface area contributed by atoms with Crippen LogP contribution in [0.1, 0.15) is 26.3 Å². The molecule has 0 aliphatic rings. The number of benzene rings is 2. The summed E-state index contributed by atoms with van der Waals surface area (Å²) in [6.45, 7) is 8.37. The molecular formula is C26H30N4O. The molecule has 0 spiro atoms. The normalized spacial score (nSPS) is 11.9. The van der Waals surface area contributed by atoms with Crippen LogP contribution in [0.4, 0.5) is 5.82 Å². The zero-order chi connectivity index (χ0) is 22.0. The Morgan fingerprint density at radius 1 is 0.903 bits per heavy atom. The molecule has 2 heterocycles. The van der Waals surface area contributed by atoms with E-state index in [0.29, 0.717) is 0 Å². The lowest BCUT2D eigenvalue weighted by atomic mass is 9.87. The molecule has 31 heavy (non-hydrogen) atoms. The number of likely N-dealkylation sites (N-methyl/N-ethyl adjacent to an activating group) is 1. The molecule has 0 saturated carbocycles. The first-order valence-electron chi connectivity index (χ1n) is 10.7. The van der Waals surface area contributed by atoms with Crippen molar-refractivity contribution in [1.82, 2.24) is 14.9 Å². The molecule has 2 aromatic heterocycles. The van der Waals surface area contributed by atoms with Crippen molar-refractivity contribution in [2.24, 2.45) is 0 Å². The quantitative estimate of drug-likeness (QED) is 0.401. The number of fused-ring (bicyclic) bond motifs is 3. The molecular weight excluding hydrogens is 384 g/mol. The highest BCUT2D eigenvalue weighted by molar-refractivity contribution is 6.09. The monoisotopic (exact) mass is 414 g/mol. The van der Waals surface area contributed by atoms with E-state index in [1.807, 2.05) is 24.3 Å². The molecule has 0 aliphatic heterocycles. The summed E-state index contributed by atoms with van der Waals surface area (Å²) in [5, 5.41) is 6.63. The molecule has 0 saturated heterocycles. The maximum absolute atomic E-state index is 6.19. The van der Waals surface area contributed by atoms with Gasteiger partial charge in [-0.3, -0.25) is 0 Å². The fourth-order valence-electron chi connectivity index (χ4n) is 3.57. The van der Waals surface area contributed by atoms with Crippen molar-refractivity contribution < 1.29 is 4.74 Å². The molecule has 4 aromatic rings. The minimum atomic E-state index is 0.121. The average Bonchev–Trinajstić information content (AvgIpc) is 2.73. The standard InChI is InChI=1S/C26H30N4O/c1-26(2,3)18-8-10-19(11-9-18)31-20-12-13-22-23(17-20)21-7-6-14-27-24(21)29-25(22)28-15-16-30(4)5/h6-14,17H,15-16H2,1-5H3,(H,27,28,29). The highest BCUT2D eigenvalue weighted by Crippen LogP contribution is 2.33. The Labute approximate surface area is 184 Å². The second kappa shape index (κ2) is 8.52. The zero-order valence-electron chi connectivity index (χ0n) is 18.9. The lowest BCUT2D eigenvalue weighted by molar-refractivity contribution is 0.425. The van der Waals surface area contributed by atoms with Crippen molar-refractivity contribution in [2.45, 2.75) is 26.2 Å². The van der Waals surface area contributed by atoms with Crippen LogP contribution in [-0.2, 0) is 5.41 Å². The summed E-state index contributed by atoms with van der Waals surface area (Å²) in [6, 6.07) is 18.5. The molecule has 2 aromatic carbocycles. The summed E-state index contributed by atoms with van der Waals surface area (Å²) < 4.78 is 6.19. The number of aromatic nitrogens is 2. The van der Waals surface area contributed by atoms with Gasteiger partial charge in [0.05, 0.1) is 0 Å². The molecule has 0 amide bonds. The van der Waals surface area contributed by atoms with Crippen molar-refractivity contribution >= 4 is 27.6 Å². The Morgan fingerprint density at radius 3 is 2.35 bits per heavy atom. The maximum Gasteiger partial charge on any atom is 0.162 e. The van der Waals surface area contributed by atoms with E-state index >= 15 is 0 Å². The number of ether oxygens (including phenoxy) is 1. The van der Waals surface area contributed by atoms with E-state index in [2.05, 4.69) is 80.4 Å². The lowest BCUT2D eigenvalue weighted by Gasteiger charge is -2.19. The van der Waals surface area contributed by atoms with Gasteiger partial charge in [0.25, 0.3) is 0 Å². The average molecular weight is 415 g/mol. The van der Waals surface area contributed by atoms with E-state index in [0.717, 1.165) is 52.2 Å². The molecule has 160 valence electrons. The first-order valence-corrected chi connectivity index (χ1v) is 10.7. The van der Waals surface area contributed by atoms with Gasteiger partial charge in [-0.05, 0) is 67.5 Å². The molecule has 0 aliphatic carbocycles. The van der Waals surface area contributed by atoms with Crippen LogP contribution in [0.15, 0.2) is 60.8 Å². The van der Waals surface area contributed by atoms with Crippen molar-refractivity contribution in [3.8, 4) is 11.5 Å². The molecule has 0 radical (unpaired) electrons. The molecule has 0 bridgehead atoms. The van der Waals surface area contributed by atoms with Crippen molar-refractivity contribution in [3.63, 3.8) is 0 Å². The minimum absolute atomic E-state index is 0.121. The minimum Gasteiger partial charge on any atom is -0.457 e. The van der Waals surface area contributed by atoms with Gasteiger partial charge in [-0.25, -0.2) is 9.97 Å². The predicted molar refractivity (Wildman–Crippen MR) is 129 cm³/mol. The molecule has 0 fully saturated rings. The van der Waals surface area contributed by atoms with Crippen LogP contribution in [0, 0.1) is 0 Å². The SMILES string of the molecule is CN(C)CCNc1nc2ncccc2c2cc(Oc3ccc(C(C)(C)C)cc3)ccc12. The number of nitrogens with one attached hydrogen (secondary N) is 1. The van der Waals surface area contributed by atoms with Gasteiger partial charge in [-0.1, -0.05) is 32.9 Å². The van der Waals surface area contributed by atoms with E-state index in [4.69, 9.17) is 9.72 Å². The molecule has 1 N–H and O–H groups in total. The van der Waals surface area contributed by atoms with Crippen LogP contribution >= 0.6 is 0 Å². The Bertz CT molecular complexity index is 1190. The van der Waals surface area contributed by atoms with E-state index in [1.165, 1.54) is 5.56 Å². The number of rotatable bonds is 6. The van der Waals surface area contributed by atoms with Crippen LogP contribution < -0.4 is 10.1 Å². The first-order chi connectivity index (χ1) is 14.8. The van der Waals surface area contributed by atoms with Crippen LogP contribution in [0.5, 0.6) is 11.5 Å². The van der Waals surface area contributed by atoms with Gasteiger partial charge < -0.3 is 15.0 Å². The molecule has 5 heteroatoms. The Hall–Kier alpha value is -3.18. The van der Waals surface area contributed by atoms with Gasteiger partial charge in [-0.2, -0.15) is 0 Å². The van der Waals surface area contributed by atoms with Crippen molar-refractivity contribution in [2.75, 3.05) is 32.5 Å². The van der Waals surface area contributed by atoms with E-state index in [9.17, 15) is 0 Å². The Balaban J connectivity index is 1.69. The summed E-state index contributed by atoms with van der Waals surface area (Å²) >= 11 is 0. The van der Waals surface area contributed by atoms with Crippen LogP contribution in [0.2, 0.25) is 0 Å². The van der Waals surface area contributed by atoms with Gasteiger partial charge in [0.15, 0.2) is 5.65 Å². The van der Waals surface area contributed by atoms with Crippen LogP contribution in [0.3, 0.4) is 0 Å². The fraction of sp³-hybridized carbons (Fsp3) is 0.308. The second-order valence-corrected chi connectivity index (χ2v) is 9.15. The largest absolute Gasteiger partial charge is 0.457 e. The molecule has 0 atom stereocenters. The van der Waals surface area contributed by atoms with Gasteiger partial charge >= 0.3 is 0 Å². The summed E-state index contributed by atoms with van der Waals surface area (Å²) in [4.78, 5) is 11.4. The van der Waals surface area contributed by atoms with Crippen molar-refractivity contribution in [3.05, 3.63) is 66.4 Å². The van der Waals surface area contributed by atoms with Gasteiger partial charge in [0.1, 0.15) is 17.3 Å². The second-order valence-electron chi connectivity index (χ2n) is 9.15. The van der Waals surface area contributed by atoms with Crippen LogP contribution in [-0.4, -0.2) is 42.1 Å². The van der Waals surface area contributed by atoms with Gasteiger partial charge in [-0.15, -0.1) is 0 Å². The number of pyridine rings is 2. The van der Waals surface area contributed by atoms with E-state index in [-0.39, 0.29) is 5.41 Å². The highest BCUT2D eigenvalue weighted by atomic mass is 16.5. The fourth-order valence-corrected chi connectivity index (χ4v) is 3.57. The topological polar surface area (TPSA) is 50.3 Å². The zero-order valence-corrected chi connectivity index (χ0v) is 18.9. The lowest BCUT2D eigenvalue weighted by Crippen LogP contribution is -2.21. The van der Waals surface area contributed by atoms with Gasteiger partial charge in [0.2, 0.25) is 0 Å². The number of hydrogen-bond acceptors (Lipinski definition) is 5. The molecule has 5 nitrogen and oxygen atoms in total. The first kappa shape index (κ1) is 21.1. The number of hydrogen-bond donors (Lipinski definition) is 1. The third-order valence-electron chi connectivity index (χ3n) is 5.35. The third-order valence-corrected chi connectivity index (χ3v) is 5.35. The third kappa shape index (κ3) is 4.78. The smallest absolute Gasteiger partial charge is 0.162 e. The van der Waals surface area contributed by atoms with Crippen molar-refractivity contribution in [1.29, 1.82) is 0 Å². The molecule has 0 unspecified atom stereocenters.